The van der Waals surface area contributed by atoms with E-state index in [2.05, 4.69) is 15.4 Å². The first kappa shape index (κ1) is 17.8. The van der Waals surface area contributed by atoms with E-state index in [4.69, 9.17) is 0 Å². The molecule has 1 aromatic heterocycles. The number of benzene rings is 2. The molecule has 1 aliphatic heterocycles. The van der Waals surface area contributed by atoms with Crippen molar-refractivity contribution in [3.8, 4) is 0 Å². The Morgan fingerprint density at radius 2 is 1.54 bits per heavy atom. The van der Waals surface area contributed by atoms with E-state index in [0.717, 1.165) is 16.8 Å². The van der Waals surface area contributed by atoms with Gasteiger partial charge in [-0.15, -0.1) is 0 Å². The van der Waals surface area contributed by atoms with Gasteiger partial charge in [-0.05, 0) is 54.1 Å². The number of amides is 2. The summed E-state index contributed by atoms with van der Waals surface area (Å²) in [7, 11) is 0. The molecule has 5 nitrogen and oxygen atoms in total. The van der Waals surface area contributed by atoms with Gasteiger partial charge in [-0.25, -0.2) is 18.6 Å². The molecule has 0 unspecified atom stereocenters. The highest BCUT2D eigenvalue weighted by molar-refractivity contribution is 6.04. The number of carbonyl (C=O) groups is 1. The normalized spacial score (nSPS) is 16.0. The zero-order valence-corrected chi connectivity index (χ0v) is 14.7. The number of nitrogens with one attached hydrogen (secondary N) is 1. The molecule has 28 heavy (non-hydrogen) atoms. The van der Waals surface area contributed by atoms with E-state index < -0.39 is 6.03 Å². The fourth-order valence-corrected chi connectivity index (χ4v) is 3.07. The van der Waals surface area contributed by atoms with E-state index in [1.165, 1.54) is 41.4 Å². The van der Waals surface area contributed by atoms with Gasteiger partial charge in [0, 0.05) is 30.1 Å². The quantitative estimate of drug-likeness (QED) is 0.715. The van der Waals surface area contributed by atoms with Crippen molar-refractivity contribution in [3.63, 3.8) is 0 Å². The minimum absolute atomic E-state index is 0.348. The molecule has 2 heterocycles. The van der Waals surface area contributed by atoms with Gasteiger partial charge < -0.3 is 5.32 Å². The Morgan fingerprint density at radius 3 is 2.18 bits per heavy atom. The number of urea groups is 1. The van der Waals surface area contributed by atoms with Gasteiger partial charge in [0.05, 0.1) is 11.8 Å². The van der Waals surface area contributed by atoms with E-state index in [1.54, 1.807) is 24.5 Å². The molecular weight excluding hydrogens is 362 g/mol. The van der Waals surface area contributed by atoms with E-state index in [9.17, 15) is 13.6 Å². The van der Waals surface area contributed by atoms with Gasteiger partial charge >= 0.3 is 6.03 Å². The van der Waals surface area contributed by atoms with Gasteiger partial charge in [-0.1, -0.05) is 12.1 Å². The lowest BCUT2D eigenvalue weighted by Gasteiger charge is -2.22. The minimum atomic E-state index is -0.454. The third-order valence-corrected chi connectivity index (χ3v) is 4.48. The van der Waals surface area contributed by atoms with Crippen LogP contribution in [0.5, 0.6) is 0 Å². The Bertz CT molecular complexity index is 1000. The fraction of sp³-hybridized carbons (Fsp3) is 0.0952. The lowest BCUT2D eigenvalue weighted by atomic mass is 9.99. The molecule has 0 saturated carbocycles. The summed E-state index contributed by atoms with van der Waals surface area (Å²) in [5.41, 5.74) is 2.81. The van der Waals surface area contributed by atoms with Crippen molar-refractivity contribution in [2.75, 3.05) is 5.32 Å². The summed E-state index contributed by atoms with van der Waals surface area (Å²) < 4.78 is 26.4. The van der Waals surface area contributed by atoms with Crippen LogP contribution in [0.2, 0.25) is 0 Å². The molecule has 140 valence electrons. The number of nitrogens with zero attached hydrogens (tertiary/aromatic N) is 3. The number of rotatable bonds is 3. The van der Waals surface area contributed by atoms with E-state index in [0.29, 0.717) is 12.1 Å². The Kier molecular flexibility index (Phi) is 4.80. The summed E-state index contributed by atoms with van der Waals surface area (Å²) in [6.07, 6.45) is 3.80. The number of hydrogen-bond donors (Lipinski definition) is 1. The van der Waals surface area contributed by atoms with Crippen LogP contribution < -0.4 is 5.32 Å². The Balaban J connectivity index is 1.64. The number of aromatic nitrogens is 1. The van der Waals surface area contributed by atoms with E-state index >= 15 is 0 Å². The van der Waals surface area contributed by atoms with Crippen LogP contribution in [-0.4, -0.2) is 21.7 Å². The molecule has 3 aromatic rings. The number of hydrogen-bond acceptors (Lipinski definition) is 3. The molecule has 0 radical (unpaired) electrons. The average Bonchev–Trinajstić information content (AvgIpc) is 3.17. The molecule has 4 rings (SSSR count). The summed E-state index contributed by atoms with van der Waals surface area (Å²) in [4.78, 5) is 16.9. The maximum Gasteiger partial charge on any atom is 0.342 e. The molecule has 1 N–H and O–H groups in total. The van der Waals surface area contributed by atoms with Crippen LogP contribution in [0.1, 0.15) is 23.6 Å². The van der Waals surface area contributed by atoms with Crippen LogP contribution in [0.15, 0.2) is 78.2 Å². The second kappa shape index (κ2) is 7.56. The largest absolute Gasteiger partial charge is 0.342 e. The Hall–Kier alpha value is -3.61. The van der Waals surface area contributed by atoms with Gasteiger partial charge in [-0.3, -0.25) is 4.98 Å². The minimum Gasteiger partial charge on any atom is -0.306 e. The topological polar surface area (TPSA) is 57.6 Å². The molecule has 1 aliphatic rings. The monoisotopic (exact) mass is 378 g/mol. The first-order valence-electron chi connectivity index (χ1n) is 8.69. The first-order chi connectivity index (χ1) is 13.6. The van der Waals surface area contributed by atoms with Crippen molar-refractivity contribution in [2.24, 2.45) is 5.10 Å². The van der Waals surface area contributed by atoms with Crippen molar-refractivity contribution in [3.05, 3.63) is 95.8 Å². The Labute approximate surface area is 160 Å². The van der Waals surface area contributed by atoms with Crippen LogP contribution in [0, 0.1) is 11.6 Å². The molecule has 2 aromatic carbocycles. The van der Waals surface area contributed by atoms with Gasteiger partial charge in [0.25, 0.3) is 0 Å². The summed E-state index contributed by atoms with van der Waals surface area (Å²) >= 11 is 0. The highest BCUT2D eigenvalue weighted by Gasteiger charge is 2.33. The number of pyridine rings is 1. The molecule has 0 fully saturated rings. The second-order valence-corrected chi connectivity index (χ2v) is 6.34. The molecule has 0 saturated heterocycles. The third-order valence-electron chi connectivity index (χ3n) is 4.48. The van der Waals surface area contributed by atoms with Crippen molar-refractivity contribution in [1.82, 2.24) is 9.99 Å². The molecule has 0 aliphatic carbocycles. The molecular formula is C21H16F2N4O. The van der Waals surface area contributed by atoms with Gasteiger partial charge in [-0.2, -0.15) is 5.10 Å². The standard InChI is InChI=1S/C21H16F2N4O/c22-16-3-1-15(2-4-16)20-13-19(14-9-11-24-12-10-14)26-27(20)21(28)25-18-7-5-17(23)6-8-18/h1-12,20H,13H2,(H,25,28)/t20-/m1/s1. The molecule has 0 bridgehead atoms. The van der Waals surface area contributed by atoms with Gasteiger partial charge in [0.1, 0.15) is 11.6 Å². The van der Waals surface area contributed by atoms with Crippen LogP contribution in [0.3, 0.4) is 0 Å². The lowest BCUT2D eigenvalue weighted by molar-refractivity contribution is 0.200. The number of hydrazone groups is 1. The van der Waals surface area contributed by atoms with Crippen molar-refractivity contribution < 1.29 is 13.6 Å². The number of carbonyl (C=O) groups excluding carboxylic acids is 1. The van der Waals surface area contributed by atoms with Gasteiger partial charge in [0.15, 0.2) is 0 Å². The highest BCUT2D eigenvalue weighted by atomic mass is 19.1. The van der Waals surface area contributed by atoms with Gasteiger partial charge in [0.2, 0.25) is 0 Å². The molecule has 0 spiro atoms. The van der Waals surface area contributed by atoms with Crippen LogP contribution in [0.25, 0.3) is 0 Å². The van der Waals surface area contributed by atoms with Crippen molar-refractivity contribution >= 4 is 17.4 Å². The maximum absolute atomic E-state index is 13.3. The zero-order valence-electron chi connectivity index (χ0n) is 14.7. The second-order valence-electron chi connectivity index (χ2n) is 6.34. The van der Waals surface area contributed by atoms with E-state index in [-0.39, 0.29) is 17.7 Å². The van der Waals surface area contributed by atoms with Crippen molar-refractivity contribution in [2.45, 2.75) is 12.5 Å². The number of anilines is 1. The Morgan fingerprint density at radius 1 is 0.929 bits per heavy atom. The van der Waals surface area contributed by atoms with Crippen LogP contribution >= 0.6 is 0 Å². The molecule has 1 atom stereocenters. The predicted molar refractivity (Wildman–Crippen MR) is 102 cm³/mol. The third kappa shape index (κ3) is 3.73. The summed E-state index contributed by atoms with van der Waals surface area (Å²) in [6.45, 7) is 0. The lowest BCUT2D eigenvalue weighted by Crippen LogP contribution is -2.31. The predicted octanol–water partition coefficient (Wildman–Crippen LogP) is 4.74. The molecule has 7 heteroatoms. The summed E-state index contributed by atoms with van der Waals surface area (Å²) in [6, 6.07) is 14.3. The van der Waals surface area contributed by atoms with E-state index in [1.807, 2.05) is 12.1 Å². The smallest absolute Gasteiger partial charge is 0.306 e. The zero-order chi connectivity index (χ0) is 19.5. The SMILES string of the molecule is O=C(Nc1ccc(F)cc1)N1N=C(c2ccncc2)C[C@@H]1c1ccc(F)cc1. The highest BCUT2D eigenvalue weighted by Crippen LogP contribution is 2.33. The average molecular weight is 378 g/mol. The first-order valence-corrected chi connectivity index (χ1v) is 8.69. The summed E-state index contributed by atoms with van der Waals surface area (Å²) in [5, 5.41) is 8.56. The summed E-state index contributed by atoms with van der Waals surface area (Å²) in [5.74, 6) is -0.735. The van der Waals surface area contributed by atoms with Crippen molar-refractivity contribution in [1.29, 1.82) is 0 Å². The molecule has 2 amide bonds. The fourth-order valence-electron chi connectivity index (χ4n) is 3.07. The maximum atomic E-state index is 13.3. The number of halogens is 2. The van der Waals surface area contributed by atoms with Crippen LogP contribution in [0.4, 0.5) is 19.3 Å². The van der Waals surface area contributed by atoms with Crippen LogP contribution in [-0.2, 0) is 0 Å².